The molecule has 0 atom stereocenters. The van der Waals surface area contributed by atoms with Gasteiger partial charge in [0.15, 0.2) is 0 Å². The van der Waals surface area contributed by atoms with Crippen molar-refractivity contribution in [2.45, 2.75) is 6.61 Å². The van der Waals surface area contributed by atoms with Gasteiger partial charge in [0.2, 0.25) is 6.20 Å². The SMILES string of the molecule is O=[N+]([O-])/C=C/c1ccc(O)c(CO)c1. The zero-order chi connectivity index (χ0) is 10.6. The zero-order valence-corrected chi connectivity index (χ0v) is 7.25. The lowest BCUT2D eigenvalue weighted by molar-refractivity contribution is -0.400. The van der Waals surface area contributed by atoms with Gasteiger partial charge in [-0.3, -0.25) is 10.1 Å². The second-order valence-electron chi connectivity index (χ2n) is 2.65. The van der Waals surface area contributed by atoms with Crippen LogP contribution in [0.3, 0.4) is 0 Å². The molecule has 0 unspecified atom stereocenters. The molecular formula is C9H9NO4. The Bertz CT molecular complexity index is 373. The fourth-order valence-electron chi connectivity index (χ4n) is 0.983. The van der Waals surface area contributed by atoms with Crippen LogP contribution in [0.4, 0.5) is 0 Å². The molecule has 0 spiro atoms. The van der Waals surface area contributed by atoms with Gasteiger partial charge >= 0.3 is 0 Å². The van der Waals surface area contributed by atoms with Crippen LogP contribution in [0, 0.1) is 10.1 Å². The van der Waals surface area contributed by atoms with Gasteiger partial charge in [-0.25, -0.2) is 0 Å². The van der Waals surface area contributed by atoms with E-state index < -0.39 is 4.92 Å². The van der Waals surface area contributed by atoms with Gasteiger partial charge in [-0.15, -0.1) is 0 Å². The first-order valence-electron chi connectivity index (χ1n) is 3.88. The number of hydrogen-bond donors (Lipinski definition) is 2. The summed E-state index contributed by atoms with van der Waals surface area (Å²) in [6.07, 6.45) is 2.09. The van der Waals surface area contributed by atoms with Gasteiger partial charge in [0.05, 0.1) is 11.5 Å². The lowest BCUT2D eigenvalue weighted by Gasteiger charge is -2.00. The second-order valence-corrected chi connectivity index (χ2v) is 2.65. The summed E-state index contributed by atoms with van der Waals surface area (Å²) in [5, 5.41) is 28.0. The largest absolute Gasteiger partial charge is 0.508 e. The maximum atomic E-state index is 10.0. The smallest absolute Gasteiger partial charge is 0.235 e. The summed E-state index contributed by atoms with van der Waals surface area (Å²) in [5.41, 5.74) is 0.902. The lowest BCUT2D eigenvalue weighted by atomic mass is 10.1. The molecule has 0 aliphatic heterocycles. The molecule has 0 bridgehead atoms. The molecule has 0 heterocycles. The second kappa shape index (κ2) is 4.38. The highest BCUT2D eigenvalue weighted by atomic mass is 16.6. The molecular weight excluding hydrogens is 186 g/mol. The molecule has 74 valence electrons. The van der Waals surface area contributed by atoms with Crippen molar-refractivity contribution in [2.75, 3.05) is 0 Å². The Morgan fingerprint density at radius 3 is 2.79 bits per heavy atom. The van der Waals surface area contributed by atoms with E-state index in [4.69, 9.17) is 5.11 Å². The average Bonchev–Trinajstić information content (AvgIpc) is 2.16. The maximum absolute atomic E-state index is 10.0. The van der Waals surface area contributed by atoms with Crippen LogP contribution in [0.25, 0.3) is 6.08 Å². The predicted molar refractivity (Wildman–Crippen MR) is 50.1 cm³/mol. The van der Waals surface area contributed by atoms with Crippen molar-refractivity contribution in [1.29, 1.82) is 0 Å². The third kappa shape index (κ3) is 2.56. The summed E-state index contributed by atoms with van der Waals surface area (Å²) < 4.78 is 0. The van der Waals surface area contributed by atoms with Gasteiger partial charge in [0.1, 0.15) is 5.75 Å². The van der Waals surface area contributed by atoms with Crippen LogP contribution in [-0.4, -0.2) is 15.1 Å². The van der Waals surface area contributed by atoms with Gasteiger partial charge in [-0.05, 0) is 17.7 Å². The lowest BCUT2D eigenvalue weighted by Crippen LogP contribution is -1.86. The standard InChI is InChI=1S/C9H9NO4/c11-6-8-5-7(1-2-9(8)12)3-4-10(13)14/h1-5,11-12H,6H2/b4-3+. The normalized spacial score (nSPS) is 10.6. The van der Waals surface area contributed by atoms with E-state index in [1.165, 1.54) is 24.3 Å². The molecule has 5 nitrogen and oxygen atoms in total. The van der Waals surface area contributed by atoms with Crippen LogP contribution < -0.4 is 0 Å². The van der Waals surface area contributed by atoms with Gasteiger partial charge < -0.3 is 10.2 Å². The van der Waals surface area contributed by atoms with Crippen molar-refractivity contribution in [3.63, 3.8) is 0 Å². The molecule has 14 heavy (non-hydrogen) atoms. The van der Waals surface area contributed by atoms with Crippen molar-refractivity contribution in [2.24, 2.45) is 0 Å². The highest BCUT2D eigenvalue weighted by Crippen LogP contribution is 2.18. The summed E-state index contributed by atoms with van der Waals surface area (Å²) in [6.45, 7) is -0.300. The minimum absolute atomic E-state index is 0.0225. The van der Waals surface area contributed by atoms with Gasteiger partial charge in [0.25, 0.3) is 0 Å². The number of phenols is 1. The van der Waals surface area contributed by atoms with Gasteiger partial charge in [0, 0.05) is 11.6 Å². The molecule has 0 fully saturated rings. The van der Waals surface area contributed by atoms with Crippen LogP contribution >= 0.6 is 0 Å². The van der Waals surface area contributed by atoms with Crippen molar-refractivity contribution >= 4 is 6.08 Å². The summed E-state index contributed by atoms with van der Waals surface area (Å²) in [5.74, 6) is -0.0225. The van der Waals surface area contributed by atoms with E-state index >= 15 is 0 Å². The zero-order valence-electron chi connectivity index (χ0n) is 7.25. The van der Waals surface area contributed by atoms with Gasteiger partial charge in [-0.1, -0.05) is 6.07 Å². The van der Waals surface area contributed by atoms with E-state index in [1.807, 2.05) is 0 Å². The Hall–Kier alpha value is -1.88. The highest BCUT2D eigenvalue weighted by molar-refractivity contribution is 5.52. The van der Waals surface area contributed by atoms with E-state index in [0.29, 0.717) is 11.1 Å². The topological polar surface area (TPSA) is 83.6 Å². The molecule has 1 aromatic rings. The number of nitro groups is 1. The number of aromatic hydroxyl groups is 1. The van der Waals surface area contributed by atoms with E-state index in [2.05, 4.69) is 0 Å². The Morgan fingerprint density at radius 2 is 2.21 bits per heavy atom. The molecule has 5 heteroatoms. The summed E-state index contributed by atoms with van der Waals surface area (Å²) >= 11 is 0. The minimum atomic E-state index is -0.578. The number of aliphatic hydroxyl groups excluding tert-OH is 1. The van der Waals surface area contributed by atoms with Crippen molar-refractivity contribution < 1.29 is 15.1 Å². The third-order valence-corrected chi connectivity index (χ3v) is 1.66. The van der Waals surface area contributed by atoms with E-state index in [9.17, 15) is 15.2 Å². The van der Waals surface area contributed by atoms with Crippen LogP contribution in [0.5, 0.6) is 5.75 Å². The van der Waals surface area contributed by atoms with E-state index in [0.717, 1.165) is 6.20 Å². The summed E-state index contributed by atoms with van der Waals surface area (Å²) in [4.78, 5) is 9.44. The quantitative estimate of drug-likeness (QED) is 0.559. The Morgan fingerprint density at radius 1 is 1.50 bits per heavy atom. The Labute approximate surface area is 80.1 Å². The van der Waals surface area contributed by atoms with Crippen molar-refractivity contribution in [1.82, 2.24) is 0 Å². The molecule has 1 rings (SSSR count). The molecule has 0 saturated carbocycles. The molecule has 0 amide bonds. The first-order valence-corrected chi connectivity index (χ1v) is 3.88. The monoisotopic (exact) mass is 195 g/mol. The van der Waals surface area contributed by atoms with Crippen LogP contribution in [0.2, 0.25) is 0 Å². The number of rotatable bonds is 3. The average molecular weight is 195 g/mol. The number of benzene rings is 1. The van der Waals surface area contributed by atoms with Crippen LogP contribution in [0.15, 0.2) is 24.4 Å². The molecule has 0 aliphatic rings. The fraction of sp³-hybridized carbons (Fsp3) is 0.111. The predicted octanol–water partition coefficient (Wildman–Crippen LogP) is 1.13. The van der Waals surface area contributed by atoms with E-state index in [1.54, 1.807) is 0 Å². The highest BCUT2D eigenvalue weighted by Gasteiger charge is 2.00. The molecule has 0 radical (unpaired) electrons. The Kier molecular flexibility index (Phi) is 3.19. The molecule has 2 N–H and O–H groups in total. The minimum Gasteiger partial charge on any atom is -0.508 e. The fourth-order valence-corrected chi connectivity index (χ4v) is 0.983. The molecule has 0 aromatic heterocycles. The van der Waals surface area contributed by atoms with Gasteiger partial charge in [-0.2, -0.15) is 0 Å². The Balaban J connectivity index is 2.95. The van der Waals surface area contributed by atoms with Crippen LogP contribution in [-0.2, 0) is 6.61 Å². The summed E-state index contributed by atoms with van der Waals surface area (Å²) in [6, 6.07) is 4.38. The number of hydrogen-bond acceptors (Lipinski definition) is 4. The van der Waals surface area contributed by atoms with E-state index in [-0.39, 0.29) is 12.4 Å². The first kappa shape index (κ1) is 10.2. The van der Waals surface area contributed by atoms with Crippen molar-refractivity contribution in [3.05, 3.63) is 45.6 Å². The molecule has 0 saturated heterocycles. The number of nitrogens with zero attached hydrogens (tertiary/aromatic N) is 1. The molecule has 0 aliphatic carbocycles. The first-order chi connectivity index (χ1) is 6.63. The van der Waals surface area contributed by atoms with Crippen LogP contribution in [0.1, 0.15) is 11.1 Å². The summed E-state index contributed by atoms with van der Waals surface area (Å²) in [7, 11) is 0. The third-order valence-electron chi connectivity index (χ3n) is 1.66. The maximum Gasteiger partial charge on any atom is 0.235 e. The molecule has 1 aromatic carbocycles. The van der Waals surface area contributed by atoms with Crippen molar-refractivity contribution in [3.8, 4) is 5.75 Å². The number of aliphatic hydroxyl groups is 1.